The van der Waals surface area contributed by atoms with Gasteiger partial charge in [-0.3, -0.25) is 4.79 Å². The Morgan fingerprint density at radius 3 is 2.65 bits per heavy atom. The summed E-state index contributed by atoms with van der Waals surface area (Å²) in [5.74, 6) is 0.352. The van der Waals surface area contributed by atoms with Crippen molar-refractivity contribution in [3.8, 4) is 5.75 Å². The third kappa shape index (κ3) is 3.93. The van der Waals surface area contributed by atoms with Crippen molar-refractivity contribution in [2.45, 2.75) is 4.90 Å². The van der Waals surface area contributed by atoms with Gasteiger partial charge < -0.3 is 14.5 Å². The Kier molecular flexibility index (Phi) is 4.79. The first-order valence-corrected chi connectivity index (χ1v) is 9.10. The predicted octanol–water partition coefficient (Wildman–Crippen LogP) is 2.74. The summed E-state index contributed by atoms with van der Waals surface area (Å²) >= 11 is 0. The van der Waals surface area contributed by atoms with Crippen LogP contribution in [0.3, 0.4) is 0 Å². The second kappa shape index (κ2) is 7.03. The summed E-state index contributed by atoms with van der Waals surface area (Å²) in [6.45, 7) is 0. The number of furan rings is 1. The number of para-hydroxylation sites is 1. The van der Waals surface area contributed by atoms with Crippen LogP contribution in [0, 0.1) is 0 Å². The second-order valence-corrected chi connectivity index (χ2v) is 6.98. The van der Waals surface area contributed by atoms with Gasteiger partial charge in [0.15, 0.2) is 0 Å². The number of hydrogen-bond acceptors (Lipinski definition) is 5. The van der Waals surface area contributed by atoms with E-state index >= 15 is 0 Å². The molecule has 26 heavy (non-hydrogen) atoms. The highest BCUT2D eigenvalue weighted by Crippen LogP contribution is 2.27. The number of amides is 1. The van der Waals surface area contributed by atoms with Gasteiger partial charge in [-0.25, -0.2) is 13.6 Å². The Balaban J connectivity index is 1.80. The maximum absolute atomic E-state index is 12.2. The van der Waals surface area contributed by atoms with Gasteiger partial charge in [0.1, 0.15) is 17.1 Å². The molecule has 0 saturated heterocycles. The highest BCUT2D eigenvalue weighted by atomic mass is 32.2. The van der Waals surface area contributed by atoms with E-state index in [2.05, 4.69) is 5.32 Å². The van der Waals surface area contributed by atoms with E-state index in [1.54, 1.807) is 6.07 Å². The Hall–Kier alpha value is -3.10. The zero-order valence-electron chi connectivity index (χ0n) is 13.8. The van der Waals surface area contributed by atoms with Gasteiger partial charge >= 0.3 is 0 Å². The minimum atomic E-state index is -3.90. The van der Waals surface area contributed by atoms with Crippen molar-refractivity contribution in [3.63, 3.8) is 0 Å². The lowest BCUT2D eigenvalue weighted by molar-refractivity contribution is -0.111. The van der Waals surface area contributed by atoms with Crippen LogP contribution in [0.15, 0.2) is 63.9 Å². The van der Waals surface area contributed by atoms with Crippen molar-refractivity contribution in [1.82, 2.24) is 0 Å². The molecule has 0 saturated carbocycles. The SMILES string of the molecule is COc1ccc(S(N)(=O)=O)cc1NC(=O)/C=C/c1cc2ccccc2o1. The molecule has 0 atom stereocenters. The standard InChI is InChI=1S/C18H16N2O5S/c1-24-17-8-7-14(26(19,22)23)11-15(17)20-18(21)9-6-13-10-12-4-2-3-5-16(12)25-13/h2-11H,1H3,(H,20,21)(H2,19,22,23)/b9-6+. The van der Waals surface area contributed by atoms with Gasteiger partial charge in [-0.1, -0.05) is 18.2 Å². The minimum Gasteiger partial charge on any atom is -0.495 e. The molecule has 0 radical (unpaired) electrons. The largest absolute Gasteiger partial charge is 0.495 e. The van der Waals surface area contributed by atoms with E-state index in [1.807, 2.05) is 24.3 Å². The summed E-state index contributed by atoms with van der Waals surface area (Å²) in [5.41, 5.74) is 0.911. The van der Waals surface area contributed by atoms with Crippen molar-refractivity contribution in [2.75, 3.05) is 12.4 Å². The van der Waals surface area contributed by atoms with Crippen LogP contribution in [-0.4, -0.2) is 21.4 Å². The zero-order valence-corrected chi connectivity index (χ0v) is 14.6. The van der Waals surface area contributed by atoms with Crippen molar-refractivity contribution >= 4 is 38.7 Å². The maximum atomic E-state index is 12.2. The number of ether oxygens (including phenoxy) is 1. The van der Waals surface area contributed by atoms with Crippen LogP contribution in [-0.2, 0) is 14.8 Å². The molecule has 3 N–H and O–H groups in total. The fourth-order valence-corrected chi connectivity index (χ4v) is 2.92. The van der Waals surface area contributed by atoms with Gasteiger partial charge in [-0.05, 0) is 36.4 Å². The molecule has 3 rings (SSSR count). The fourth-order valence-electron chi connectivity index (χ4n) is 2.38. The van der Waals surface area contributed by atoms with E-state index in [4.69, 9.17) is 14.3 Å². The number of fused-ring (bicyclic) bond motifs is 1. The molecule has 1 amide bonds. The smallest absolute Gasteiger partial charge is 0.248 e. The van der Waals surface area contributed by atoms with E-state index in [-0.39, 0.29) is 10.6 Å². The van der Waals surface area contributed by atoms with Gasteiger partial charge in [0.25, 0.3) is 0 Å². The summed E-state index contributed by atoms with van der Waals surface area (Å²) < 4.78 is 33.6. The zero-order chi connectivity index (χ0) is 18.7. The van der Waals surface area contributed by atoms with E-state index in [1.165, 1.54) is 37.5 Å². The molecule has 0 unspecified atom stereocenters. The second-order valence-electron chi connectivity index (χ2n) is 5.42. The molecule has 2 aromatic carbocycles. The van der Waals surface area contributed by atoms with Gasteiger partial charge in [0.2, 0.25) is 15.9 Å². The molecular formula is C18H16N2O5S. The van der Waals surface area contributed by atoms with Gasteiger partial charge in [-0.15, -0.1) is 0 Å². The van der Waals surface area contributed by atoms with Crippen LogP contribution in [0.4, 0.5) is 5.69 Å². The third-order valence-corrected chi connectivity index (χ3v) is 4.51. The Morgan fingerprint density at radius 1 is 1.19 bits per heavy atom. The Morgan fingerprint density at radius 2 is 1.96 bits per heavy atom. The first-order chi connectivity index (χ1) is 12.4. The van der Waals surface area contributed by atoms with Gasteiger partial charge in [-0.2, -0.15) is 0 Å². The highest BCUT2D eigenvalue weighted by Gasteiger charge is 2.13. The number of rotatable bonds is 5. The topological polar surface area (TPSA) is 112 Å². The van der Waals surface area contributed by atoms with Crippen LogP contribution in [0.25, 0.3) is 17.0 Å². The molecule has 1 aromatic heterocycles. The molecule has 0 aliphatic heterocycles. The molecule has 3 aromatic rings. The first kappa shape index (κ1) is 17.7. The molecule has 7 nitrogen and oxygen atoms in total. The van der Waals surface area contributed by atoms with E-state index < -0.39 is 15.9 Å². The van der Waals surface area contributed by atoms with E-state index in [0.29, 0.717) is 11.5 Å². The number of carbonyl (C=O) groups is 1. The van der Waals surface area contributed by atoms with Crippen LogP contribution in [0.1, 0.15) is 5.76 Å². The number of methoxy groups -OCH3 is 1. The van der Waals surface area contributed by atoms with Crippen molar-refractivity contribution < 1.29 is 22.4 Å². The van der Waals surface area contributed by atoms with E-state index in [9.17, 15) is 13.2 Å². The number of nitrogens with one attached hydrogen (secondary N) is 1. The van der Waals surface area contributed by atoms with Crippen LogP contribution in [0.5, 0.6) is 5.75 Å². The summed E-state index contributed by atoms with van der Waals surface area (Å²) in [6, 6.07) is 13.2. The van der Waals surface area contributed by atoms with Crippen LogP contribution >= 0.6 is 0 Å². The fraction of sp³-hybridized carbons (Fsp3) is 0.0556. The van der Waals surface area contributed by atoms with Crippen molar-refractivity contribution in [1.29, 1.82) is 0 Å². The average molecular weight is 372 g/mol. The normalized spacial score (nSPS) is 11.8. The van der Waals surface area contributed by atoms with Crippen molar-refractivity contribution in [3.05, 3.63) is 60.4 Å². The highest BCUT2D eigenvalue weighted by molar-refractivity contribution is 7.89. The van der Waals surface area contributed by atoms with Gasteiger partial charge in [0.05, 0.1) is 17.7 Å². The lowest BCUT2D eigenvalue weighted by Gasteiger charge is -2.10. The molecule has 1 heterocycles. The third-order valence-electron chi connectivity index (χ3n) is 3.60. The lowest BCUT2D eigenvalue weighted by Crippen LogP contribution is -2.14. The number of nitrogens with two attached hydrogens (primary N) is 1. The number of carbonyl (C=O) groups excluding carboxylic acids is 1. The summed E-state index contributed by atoms with van der Waals surface area (Å²) in [5, 5.41) is 8.60. The molecule has 0 fully saturated rings. The molecule has 134 valence electrons. The average Bonchev–Trinajstić information content (AvgIpc) is 3.02. The van der Waals surface area contributed by atoms with E-state index in [0.717, 1.165) is 11.0 Å². The number of hydrogen-bond donors (Lipinski definition) is 2. The monoisotopic (exact) mass is 372 g/mol. The number of benzene rings is 2. The number of anilines is 1. The Bertz CT molecular complexity index is 1070. The van der Waals surface area contributed by atoms with Crippen molar-refractivity contribution in [2.24, 2.45) is 5.14 Å². The number of primary sulfonamides is 1. The molecule has 0 bridgehead atoms. The quantitative estimate of drug-likeness (QED) is 0.669. The number of sulfonamides is 1. The molecule has 8 heteroatoms. The summed E-state index contributed by atoms with van der Waals surface area (Å²) in [4.78, 5) is 12.0. The molecule has 0 aliphatic carbocycles. The molecular weight excluding hydrogens is 356 g/mol. The first-order valence-electron chi connectivity index (χ1n) is 7.55. The molecule has 0 aliphatic rings. The maximum Gasteiger partial charge on any atom is 0.248 e. The van der Waals surface area contributed by atoms with Crippen LogP contribution < -0.4 is 15.2 Å². The van der Waals surface area contributed by atoms with Gasteiger partial charge in [0, 0.05) is 11.5 Å². The molecule has 0 spiro atoms. The Labute approximate surface area is 150 Å². The van der Waals surface area contributed by atoms with Crippen LogP contribution in [0.2, 0.25) is 0 Å². The lowest BCUT2D eigenvalue weighted by atomic mass is 10.2. The minimum absolute atomic E-state index is 0.130. The summed E-state index contributed by atoms with van der Waals surface area (Å²) in [7, 11) is -2.49. The predicted molar refractivity (Wildman–Crippen MR) is 98.2 cm³/mol. The summed E-state index contributed by atoms with van der Waals surface area (Å²) in [6.07, 6.45) is 2.80.